The van der Waals surface area contributed by atoms with Crippen molar-refractivity contribution in [2.75, 3.05) is 41.8 Å². The number of imidazole rings is 1. The van der Waals surface area contributed by atoms with E-state index >= 15 is 0 Å². The number of aryl methyl sites for hydroxylation is 2. The molecule has 4 aromatic rings. The molecule has 0 atom stereocenters. The third-order valence-electron chi connectivity index (χ3n) is 7.40. The fraction of sp³-hybridized carbons (Fsp3) is 0.323. The van der Waals surface area contributed by atoms with E-state index in [-0.39, 0.29) is 11.3 Å². The third-order valence-corrected chi connectivity index (χ3v) is 8.36. The Morgan fingerprint density at radius 2 is 1.91 bits per heavy atom. The second-order valence-corrected chi connectivity index (χ2v) is 12.2. The minimum absolute atomic E-state index is 0.156. The number of amides is 1. The maximum absolute atomic E-state index is 13.7. The number of carbonyl (C=O) groups excluding carboxylic acids is 1. The standard InChI is InChI=1S/C31H36F3N9OS/c1-20-5-6-25(40-29(44)22-11-23(31(32,33)34)13-26(12-22)42-17-21(2)39-19-42)15-28(20)43(36)18-24(35)14-27-16-38-30(45-27)37-7-10-41-8-3-4-9-41/h5-6,11-13,15-19H,3-4,7-10,14,35-36H2,1-2H3,(H,37,38)(H,40,44)/b24-18-. The van der Waals surface area contributed by atoms with Gasteiger partial charge in [-0.15, -0.1) is 11.3 Å². The van der Waals surface area contributed by atoms with E-state index in [0.717, 1.165) is 53.9 Å². The highest BCUT2D eigenvalue weighted by Gasteiger charge is 2.32. The van der Waals surface area contributed by atoms with Gasteiger partial charge < -0.3 is 25.8 Å². The van der Waals surface area contributed by atoms with Crippen LogP contribution in [0, 0.1) is 13.8 Å². The summed E-state index contributed by atoms with van der Waals surface area (Å²) in [6.07, 6.45) is 4.70. The number of hydrazine groups is 1. The van der Waals surface area contributed by atoms with Crippen LogP contribution in [0.5, 0.6) is 0 Å². The number of benzene rings is 2. The van der Waals surface area contributed by atoms with Crippen LogP contribution in [0.25, 0.3) is 5.69 Å². The van der Waals surface area contributed by atoms with Gasteiger partial charge in [-0.2, -0.15) is 13.2 Å². The number of carbonyl (C=O) groups is 1. The van der Waals surface area contributed by atoms with Gasteiger partial charge in [-0.05, 0) is 75.7 Å². The number of nitrogens with zero attached hydrogens (tertiary/aromatic N) is 5. The molecule has 2 aromatic carbocycles. The summed E-state index contributed by atoms with van der Waals surface area (Å²) in [5.74, 6) is 5.64. The number of hydrogen-bond acceptors (Lipinski definition) is 9. The predicted octanol–water partition coefficient (Wildman–Crippen LogP) is 5.45. The summed E-state index contributed by atoms with van der Waals surface area (Å²) in [4.78, 5) is 25.1. The molecule has 10 nitrogen and oxygen atoms in total. The van der Waals surface area contributed by atoms with Crippen molar-refractivity contribution in [1.82, 2.24) is 19.4 Å². The van der Waals surface area contributed by atoms with Crippen LogP contribution in [0.1, 0.15) is 44.9 Å². The lowest BCUT2D eigenvalue weighted by molar-refractivity contribution is -0.137. The van der Waals surface area contributed by atoms with E-state index in [1.165, 1.54) is 46.1 Å². The third kappa shape index (κ3) is 8.41. The topological polar surface area (TPSA) is 130 Å². The Labute approximate surface area is 263 Å². The zero-order chi connectivity index (χ0) is 32.1. The summed E-state index contributed by atoms with van der Waals surface area (Å²) in [5, 5.41) is 8.27. The number of allylic oxidation sites excluding steroid dienone is 1. The van der Waals surface area contributed by atoms with Gasteiger partial charge >= 0.3 is 6.18 Å². The quantitative estimate of drug-likeness (QED) is 0.126. The molecule has 2 aromatic heterocycles. The van der Waals surface area contributed by atoms with Crippen LogP contribution in [0.4, 0.5) is 29.7 Å². The second-order valence-electron chi connectivity index (χ2n) is 11.0. The lowest BCUT2D eigenvalue weighted by atomic mass is 10.1. The average molecular weight is 640 g/mol. The molecule has 1 aliphatic rings. The number of thiazole rings is 1. The molecule has 45 heavy (non-hydrogen) atoms. The SMILES string of the molecule is Cc1cn(-c2cc(C(=O)Nc3ccc(C)c(N(N)/C=C(\N)Cc4cnc(NCCN5CCCC5)s4)c3)cc(C(F)(F)F)c2)cn1. The van der Waals surface area contributed by atoms with E-state index in [9.17, 15) is 18.0 Å². The summed E-state index contributed by atoms with van der Waals surface area (Å²) in [6.45, 7) is 7.70. The number of nitrogens with two attached hydrogens (primary N) is 2. The zero-order valence-electron chi connectivity index (χ0n) is 25.1. The average Bonchev–Trinajstić information content (AvgIpc) is 3.76. The number of hydrogen-bond donors (Lipinski definition) is 4. The Morgan fingerprint density at radius 1 is 1.13 bits per heavy atom. The van der Waals surface area contributed by atoms with Crippen LogP contribution in [0.15, 0.2) is 67.0 Å². The lowest BCUT2D eigenvalue weighted by Gasteiger charge is -2.19. The van der Waals surface area contributed by atoms with Crippen LogP contribution >= 0.6 is 11.3 Å². The van der Waals surface area contributed by atoms with Crippen LogP contribution in [-0.4, -0.2) is 51.5 Å². The molecule has 3 heterocycles. The molecule has 0 bridgehead atoms. The van der Waals surface area contributed by atoms with Crippen molar-refractivity contribution < 1.29 is 18.0 Å². The maximum Gasteiger partial charge on any atom is 0.416 e. The van der Waals surface area contributed by atoms with Gasteiger partial charge in [0.1, 0.15) is 0 Å². The normalized spacial score (nSPS) is 14.1. The number of anilines is 3. The number of halogens is 3. The number of nitrogens with one attached hydrogen (secondary N) is 2. The van der Waals surface area contributed by atoms with E-state index < -0.39 is 17.6 Å². The van der Waals surface area contributed by atoms with Gasteiger partial charge in [-0.25, -0.2) is 15.8 Å². The second kappa shape index (κ2) is 13.7. The molecule has 238 valence electrons. The smallest absolute Gasteiger partial charge is 0.401 e. The molecule has 14 heteroatoms. The van der Waals surface area contributed by atoms with Gasteiger partial charge in [-0.3, -0.25) is 9.80 Å². The van der Waals surface area contributed by atoms with Gasteiger partial charge in [-0.1, -0.05) is 6.07 Å². The van der Waals surface area contributed by atoms with Crippen molar-refractivity contribution in [3.8, 4) is 5.69 Å². The van der Waals surface area contributed by atoms with Crippen LogP contribution in [0.2, 0.25) is 0 Å². The molecular weight excluding hydrogens is 603 g/mol. The molecule has 0 spiro atoms. The largest absolute Gasteiger partial charge is 0.416 e. The zero-order valence-corrected chi connectivity index (χ0v) is 25.9. The molecule has 1 fully saturated rings. The van der Waals surface area contributed by atoms with E-state index in [4.69, 9.17) is 11.6 Å². The molecule has 5 rings (SSSR count). The number of rotatable bonds is 11. The highest BCUT2D eigenvalue weighted by Crippen LogP contribution is 2.32. The predicted molar refractivity (Wildman–Crippen MR) is 171 cm³/mol. The highest BCUT2D eigenvalue weighted by molar-refractivity contribution is 7.15. The molecule has 1 saturated heterocycles. The Bertz CT molecular complexity index is 1670. The fourth-order valence-electron chi connectivity index (χ4n) is 5.08. The van der Waals surface area contributed by atoms with Crippen molar-refractivity contribution in [2.24, 2.45) is 11.6 Å². The molecule has 0 saturated carbocycles. The van der Waals surface area contributed by atoms with Crippen molar-refractivity contribution in [3.05, 3.63) is 94.3 Å². The maximum atomic E-state index is 13.7. The van der Waals surface area contributed by atoms with E-state index in [1.807, 2.05) is 6.92 Å². The van der Waals surface area contributed by atoms with E-state index in [0.29, 0.717) is 29.2 Å². The number of alkyl halides is 3. The Balaban J connectivity index is 1.25. The fourth-order valence-corrected chi connectivity index (χ4v) is 5.95. The van der Waals surface area contributed by atoms with Crippen molar-refractivity contribution >= 4 is 33.8 Å². The molecule has 0 aliphatic carbocycles. The first-order valence-electron chi connectivity index (χ1n) is 14.5. The van der Waals surface area contributed by atoms with Crippen molar-refractivity contribution in [1.29, 1.82) is 0 Å². The minimum Gasteiger partial charge on any atom is -0.401 e. The summed E-state index contributed by atoms with van der Waals surface area (Å²) in [5.41, 5.74) is 8.23. The Kier molecular flexibility index (Phi) is 9.75. The number of aromatic nitrogens is 3. The van der Waals surface area contributed by atoms with Crippen molar-refractivity contribution in [3.63, 3.8) is 0 Å². The summed E-state index contributed by atoms with van der Waals surface area (Å²) in [7, 11) is 0. The van der Waals surface area contributed by atoms with E-state index in [1.54, 1.807) is 43.7 Å². The van der Waals surface area contributed by atoms with Gasteiger partial charge in [0, 0.05) is 65.6 Å². The molecule has 1 aliphatic heterocycles. The van der Waals surface area contributed by atoms with Gasteiger partial charge in [0.15, 0.2) is 5.13 Å². The summed E-state index contributed by atoms with van der Waals surface area (Å²) < 4.78 is 42.5. The highest BCUT2D eigenvalue weighted by atomic mass is 32.1. The molecular formula is C31H36F3N9OS. The van der Waals surface area contributed by atoms with Gasteiger partial charge in [0.2, 0.25) is 0 Å². The van der Waals surface area contributed by atoms with Crippen LogP contribution in [-0.2, 0) is 12.6 Å². The summed E-state index contributed by atoms with van der Waals surface area (Å²) in [6, 6.07) is 8.23. The first-order valence-corrected chi connectivity index (χ1v) is 15.3. The lowest BCUT2D eigenvalue weighted by Crippen LogP contribution is -2.27. The number of likely N-dealkylation sites (tertiary alicyclic amines) is 1. The van der Waals surface area contributed by atoms with Gasteiger partial charge in [0.25, 0.3) is 5.91 Å². The van der Waals surface area contributed by atoms with Crippen molar-refractivity contribution in [2.45, 2.75) is 39.3 Å². The molecule has 0 radical (unpaired) electrons. The van der Waals surface area contributed by atoms with Crippen LogP contribution < -0.4 is 27.2 Å². The van der Waals surface area contributed by atoms with Gasteiger partial charge in [0.05, 0.1) is 23.3 Å². The van der Waals surface area contributed by atoms with E-state index in [2.05, 4.69) is 25.5 Å². The monoisotopic (exact) mass is 639 g/mol. The first kappa shape index (κ1) is 32.0. The molecule has 1 amide bonds. The first-order chi connectivity index (χ1) is 21.4. The molecule has 6 N–H and O–H groups in total. The Morgan fingerprint density at radius 3 is 2.62 bits per heavy atom. The van der Waals surface area contributed by atoms with Crippen LogP contribution in [0.3, 0.4) is 0 Å². The minimum atomic E-state index is -4.64. The summed E-state index contributed by atoms with van der Waals surface area (Å²) >= 11 is 1.54. The Hall–Kier alpha value is -4.40. The molecule has 0 unspecified atom stereocenters.